The van der Waals surface area contributed by atoms with Crippen LogP contribution >= 0.6 is 0 Å². The van der Waals surface area contributed by atoms with Gasteiger partial charge in [-0.25, -0.2) is 0 Å². The van der Waals surface area contributed by atoms with Gasteiger partial charge in [0, 0.05) is 45.2 Å². The van der Waals surface area contributed by atoms with Gasteiger partial charge in [-0.3, -0.25) is 14.5 Å². The van der Waals surface area contributed by atoms with Gasteiger partial charge in [0.25, 0.3) is 5.91 Å². The lowest BCUT2D eigenvalue weighted by Crippen LogP contribution is -2.62. The summed E-state index contributed by atoms with van der Waals surface area (Å²) in [6, 6.07) is 0. The lowest BCUT2D eigenvalue weighted by atomic mass is 9.86. The molecule has 2 saturated heterocycles. The van der Waals surface area contributed by atoms with Crippen LogP contribution < -0.4 is 0 Å². The van der Waals surface area contributed by atoms with Gasteiger partial charge in [0.15, 0.2) is 0 Å². The van der Waals surface area contributed by atoms with E-state index in [-0.39, 0.29) is 17.4 Å². The number of likely N-dealkylation sites (tertiary alicyclic amines) is 1. The zero-order valence-electron chi connectivity index (χ0n) is 15.0. The number of likely N-dealkylation sites (N-methyl/N-ethyl adjacent to an activating group) is 1. The van der Waals surface area contributed by atoms with E-state index in [9.17, 15) is 9.59 Å². The lowest BCUT2D eigenvalue weighted by Gasteiger charge is -2.49. The molecule has 1 spiro atoms. The standard InChI is InChI=1S/C17H26N4O3/c1-12-15(13(2)24-18-12)16(23)21-10-9-20(4)17(11-21)6-5-14(22)19(3)8-7-17/h5-11H2,1-4H3/t17-/m1/s1. The number of nitrogens with zero attached hydrogens (tertiary/aromatic N) is 4. The second-order valence-corrected chi connectivity index (χ2v) is 7.14. The summed E-state index contributed by atoms with van der Waals surface area (Å²) in [5.74, 6) is 0.748. The third kappa shape index (κ3) is 2.81. The van der Waals surface area contributed by atoms with Crippen molar-refractivity contribution in [2.24, 2.45) is 0 Å². The highest BCUT2D eigenvalue weighted by Gasteiger charge is 2.43. The number of carbonyl (C=O) groups excluding carboxylic acids is 2. The molecule has 2 amide bonds. The molecule has 1 atom stereocenters. The van der Waals surface area contributed by atoms with Crippen molar-refractivity contribution in [1.82, 2.24) is 19.9 Å². The van der Waals surface area contributed by atoms with Crippen molar-refractivity contribution in [3.63, 3.8) is 0 Å². The first kappa shape index (κ1) is 17.0. The highest BCUT2D eigenvalue weighted by Crippen LogP contribution is 2.32. The maximum absolute atomic E-state index is 13.0. The summed E-state index contributed by atoms with van der Waals surface area (Å²) in [5.41, 5.74) is 1.09. The maximum Gasteiger partial charge on any atom is 0.259 e. The van der Waals surface area contributed by atoms with Crippen LogP contribution in [0.3, 0.4) is 0 Å². The number of aryl methyl sites for hydroxylation is 2. The van der Waals surface area contributed by atoms with Crippen molar-refractivity contribution in [3.8, 4) is 0 Å². The Morgan fingerprint density at radius 1 is 1.17 bits per heavy atom. The molecule has 2 aliphatic heterocycles. The van der Waals surface area contributed by atoms with E-state index in [1.807, 2.05) is 11.9 Å². The minimum atomic E-state index is -0.132. The summed E-state index contributed by atoms with van der Waals surface area (Å²) < 4.78 is 5.15. The molecule has 7 nitrogen and oxygen atoms in total. The summed E-state index contributed by atoms with van der Waals surface area (Å²) in [5, 5.41) is 3.90. The maximum atomic E-state index is 13.0. The molecule has 0 N–H and O–H groups in total. The van der Waals surface area contributed by atoms with Crippen LogP contribution in [-0.4, -0.2) is 77.5 Å². The molecular weight excluding hydrogens is 308 g/mol. The van der Waals surface area contributed by atoms with Gasteiger partial charge in [0.1, 0.15) is 11.3 Å². The number of aromatic nitrogens is 1. The van der Waals surface area contributed by atoms with Gasteiger partial charge < -0.3 is 14.3 Å². The van der Waals surface area contributed by atoms with E-state index in [0.29, 0.717) is 36.5 Å². The largest absolute Gasteiger partial charge is 0.361 e. The fraction of sp³-hybridized carbons (Fsp3) is 0.706. The number of rotatable bonds is 1. The molecular formula is C17H26N4O3. The van der Waals surface area contributed by atoms with Gasteiger partial charge in [-0.15, -0.1) is 0 Å². The van der Waals surface area contributed by atoms with Gasteiger partial charge in [-0.2, -0.15) is 0 Å². The van der Waals surface area contributed by atoms with Gasteiger partial charge in [-0.1, -0.05) is 5.16 Å². The molecule has 0 saturated carbocycles. The minimum Gasteiger partial charge on any atom is -0.361 e. The fourth-order valence-corrected chi connectivity index (χ4v) is 3.88. The second kappa shape index (κ2) is 6.20. The van der Waals surface area contributed by atoms with Crippen LogP contribution in [0.4, 0.5) is 0 Å². The molecule has 3 heterocycles. The van der Waals surface area contributed by atoms with Gasteiger partial charge in [0.05, 0.1) is 5.69 Å². The number of carbonyl (C=O) groups is 2. The second-order valence-electron chi connectivity index (χ2n) is 7.14. The zero-order valence-corrected chi connectivity index (χ0v) is 15.0. The summed E-state index contributed by atoms with van der Waals surface area (Å²) in [4.78, 5) is 31.1. The third-order valence-electron chi connectivity index (χ3n) is 5.68. The normalized spacial score (nSPS) is 26.1. The van der Waals surface area contributed by atoms with Crippen molar-refractivity contribution in [3.05, 3.63) is 17.0 Å². The molecule has 0 aliphatic carbocycles. The lowest BCUT2D eigenvalue weighted by molar-refractivity contribution is -0.129. The quantitative estimate of drug-likeness (QED) is 0.768. The first-order valence-corrected chi connectivity index (χ1v) is 8.51. The summed E-state index contributed by atoms with van der Waals surface area (Å²) in [6.07, 6.45) is 2.21. The highest BCUT2D eigenvalue weighted by atomic mass is 16.5. The summed E-state index contributed by atoms with van der Waals surface area (Å²) >= 11 is 0. The predicted molar refractivity (Wildman–Crippen MR) is 88.7 cm³/mol. The van der Waals surface area contributed by atoms with E-state index in [0.717, 1.165) is 25.9 Å². The Hall–Kier alpha value is -1.89. The van der Waals surface area contributed by atoms with Crippen LogP contribution in [-0.2, 0) is 4.79 Å². The van der Waals surface area contributed by atoms with Crippen molar-refractivity contribution >= 4 is 11.8 Å². The molecule has 7 heteroatoms. The molecule has 0 aromatic carbocycles. The van der Waals surface area contributed by atoms with Crippen LogP contribution in [0.2, 0.25) is 0 Å². The molecule has 24 heavy (non-hydrogen) atoms. The highest BCUT2D eigenvalue weighted by molar-refractivity contribution is 5.96. The Bertz CT molecular complexity index is 637. The van der Waals surface area contributed by atoms with Gasteiger partial charge >= 0.3 is 0 Å². The van der Waals surface area contributed by atoms with Crippen LogP contribution in [0.1, 0.15) is 41.1 Å². The van der Waals surface area contributed by atoms with Crippen molar-refractivity contribution in [1.29, 1.82) is 0 Å². The Morgan fingerprint density at radius 3 is 2.58 bits per heavy atom. The van der Waals surface area contributed by atoms with Crippen LogP contribution in [0.5, 0.6) is 0 Å². The van der Waals surface area contributed by atoms with E-state index >= 15 is 0 Å². The Morgan fingerprint density at radius 2 is 1.92 bits per heavy atom. The van der Waals surface area contributed by atoms with E-state index in [2.05, 4.69) is 17.1 Å². The van der Waals surface area contributed by atoms with Crippen LogP contribution in [0.25, 0.3) is 0 Å². The first-order valence-electron chi connectivity index (χ1n) is 8.51. The summed E-state index contributed by atoms with van der Waals surface area (Å²) in [6.45, 7) is 6.45. The van der Waals surface area contributed by atoms with E-state index < -0.39 is 0 Å². The van der Waals surface area contributed by atoms with Crippen molar-refractivity contribution in [2.75, 3.05) is 40.3 Å². The van der Waals surface area contributed by atoms with Crippen LogP contribution in [0.15, 0.2) is 4.52 Å². The molecule has 0 unspecified atom stereocenters. The average molecular weight is 334 g/mol. The number of piperazine rings is 1. The topological polar surface area (TPSA) is 69.9 Å². The van der Waals surface area contributed by atoms with E-state index in [1.165, 1.54) is 0 Å². The van der Waals surface area contributed by atoms with E-state index in [4.69, 9.17) is 4.52 Å². The van der Waals surface area contributed by atoms with Crippen LogP contribution in [0, 0.1) is 13.8 Å². The molecule has 1 aromatic heterocycles. The minimum absolute atomic E-state index is 0.0114. The molecule has 3 rings (SSSR count). The average Bonchev–Trinajstić information content (AvgIpc) is 2.82. The number of amides is 2. The molecule has 0 bridgehead atoms. The third-order valence-corrected chi connectivity index (χ3v) is 5.68. The Kier molecular flexibility index (Phi) is 4.38. The zero-order chi connectivity index (χ0) is 17.5. The van der Waals surface area contributed by atoms with Crippen molar-refractivity contribution < 1.29 is 14.1 Å². The Balaban J connectivity index is 1.83. The molecule has 2 aliphatic rings. The number of hydrogen-bond donors (Lipinski definition) is 0. The predicted octanol–water partition coefficient (Wildman–Crippen LogP) is 1.06. The van der Waals surface area contributed by atoms with E-state index in [1.54, 1.807) is 18.7 Å². The molecule has 132 valence electrons. The SMILES string of the molecule is Cc1noc(C)c1C(=O)N1CCN(C)[C@@]2(CCC(=O)N(C)CC2)C1. The molecule has 1 aromatic rings. The smallest absolute Gasteiger partial charge is 0.259 e. The first-order chi connectivity index (χ1) is 11.3. The van der Waals surface area contributed by atoms with Crippen molar-refractivity contribution in [2.45, 2.75) is 38.6 Å². The summed E-state index contributed by atoms with van der Waals surface area (Å²) in [7, 11) is 3.96. The molecule has 2 fully saturated rings. The van der Waals surface area contributed by atoms with Gasteiger partial charge in [0.2, 0.25) is 5.91 Å². The Labute approximate surface area is 142 Å². The fourth-order valence-electron chi connectivity index (χ4n) is 3.88. The van der Waals surface area contributed by atoms with Gasteiger partial charge in [-0.05, 0) is 33.7 Å². The number of hydrogen-bond acceptors (Lipinski definition) is 5. The monoisotopic (exact) mass is 334 g/mol. The molecule has 0 radical (unpaired) electrons.